The standard InChI is InChI=1S/C14H21N3O4/c18-10-17-5-3-14(19,4-6-17)9-15-12-2-1-11-13(16-12)21-8-7-20-11/h1-2,18-19H,3-10H2,(H,15,16). The first-order valence-electron chi connectivity index (χ1n) is 7.25. The highest BCUT2D eigenvalue weighted by Gasteiger charge is 2.32. The highest BCUT2D eigenvalue weighted by molar-refractivity contribution is 5.45. The van der Waals surface area contributed by atoms with Crippen molar-refractivity contribution in [1.29, 1.82) is 0 Å². The second kappa shape index (κ2) is 6.05. The normalized spacial score (nSPS) is 21.0. The van der Waals surface area contributed by atoms with Gasteiger partial charge < -0.3 is 25.0 Å². The number of aliphatic hydroxyl groups excluding tert-OH is 1. The van der Waals surface area contributed by atoms with Crippen molar-refractivity contribution in [2.45, 2.75) is 18.4 Å². The summed E-state index contributed by atoms with van der Waals surface area (Å²) in [4.78, 5) is 6.25. The number of hydrogen-bond acceptors (Lipinski definition) is 7. The Morgan fingerprint density at radius 2 is 2.00 bits per heavy atom. The van der Waals surface area contributed by atoms with Gasteiger partial charge in [0, 0.05) is 19.6 Å². The van der Waals surface area contributed by atoms with Crippen LogP contribution >= 0.6 is 0 Å². The number of anilines is 1. The number of fused-ring (bicyclic) bond motifs is 1. The van der Waals surface area contributed by atoms with Gasteiger partial charge >= 0.3 is 0 Å². The van der Waals surface area contributed by atoms with E-state index in [0.29, 0.717) is 63.1 Å². The first kappa shape index (κ1) is 14.4. The third-order valence-electron chi connectivity index (χ3n) is 3.99. The fraction of sp³-hybridized carbons (Fsp3) is 0.643. The molecule has 116 valence electrons. The molecular weight excluding hydrogens is 274 g/mol. The summed E-state index contributed by atoms with van der Waals surface area (Å²) in [5, 5.41) is 22.8. The zero-order chi connectivity index (χ0) is 14.7. The van der Waals surface area contributed by atoms with E-state index in [9.17, 15) is 5.11 Å². The zero-order valence-electron chi connectivity index (χ0n) is 11.9. The highest BCUT2D eigenvalue weighted by Crippen LogP contribution is 2.29. The van der Waals surface area contributed by atoms with Crippen LogP contribution in [0.1, 0.15) is 12.8 Å². The lowest BCUT2D eigenvalue weighted by Gasteiger charge is -2.37. The molecule has 1 fully saturated rings. The number of ether oxygens (including phenoxy) is 2. The summed E-state index contributed by atoms with van der Waals surface area (Å²) in [5.74, 6) is 1.81. The predicted octanol–water partition coefficient (Wildman–Crippen LogP) is 0.0414. The Hall–Kier alpha value is -1.57. The van der Waals surface area contributed by atoms with Crippen molar-refractivity contribution < 1.29 is 19.7 Å². The smallest absolute Gasteiger partial charge is 0.259 e. The second-order valence-corrected chi connectivity index (χ2v) is 5.53. The molecule has 1 saturated heterocycles. The summed E-state index contributed by atoms with van der Waals surface area (Å²) >= 11 is 0. The van der Waals surface area contributed by atoms with Gasteiger partial charge in [-0.3, -0.25) is 4.90 Å². The number of likely N-dealkylation sites (tertiary alicyclic amines) is 1. The average molecular weight is 295 g/mol. The molecule has 3 heterocycles. The minimum absolute atomic E-state index is 0.0488. The Morgan fingerprint density at radius 3 is 2.76 bits per heavy atom. The van der Waals surface area contributed by atoms with E-state index in [1.807, 2.05) is 17.0 Å². The van der Waals surface area contributed by atoms with Crippen LogP contribution < -0.4 is 14.8 Å². The largest absolute Gasteiger partial charge is 0.484 e. The van der Waals surface area contributed by atoms with E-state index < -0.39 is 5.60 Å². The summed E-state index contributed by atoms with van der Waals surface area (Å²) in [7, 11) is 0. The first-order valence-corrected chi connectivity index (χ1v) is 7.25. The fourth-order valence-corrected chi connectivity index (χ4v) is 2.57. The van der Waals surface area contributed by atoms with Gasteiger partial charge in [-0.25, -0.2) is 0 Å². The quantitative estimate of drug-likeness (QED) is 0.723. The number of rotatable bonds is 4. The lowest BCUT2D eigenvalue weighted by atomic mass is 9.91. The molecule has 2 aliphatic rings. The molecule has 0 saturated carbocycles. The van der Waals surface area contributed by atoms with E-state index in [2.05, 4.69) is 10.3 Å². The Bertz CT molecular complexity index is 489. The topological polar surface area (TPSA) is 87.1 Å². The van der Waals surface area contributed by atoms with Crippen molar-refractivity contribution in [3.8, 4) is 11.6 Å². The minimum atomic E-state index is -0.763. The zero-order valence-corrected chi connectivity index (χ0v) is 11.9. The number of aromatic nitrogens is 1. The van der Waals surface area contributed by atoms with Crippen LogP contribution in [0.3, 0.4) is 0 Å². The van der Waals surface area contributed by atoms with E-state index in [0.717, 1.165) is 0 Å². The van der Waals surface area contributed by atoms with Crippen molar-refractivity contribution in [2.75, 3.05) is 44.9 Å². The Morgan fingerprint density at radius 1 is 1.24 bits per heavy atom. The molecule has 2 aliphatic heterocycles. The summed E-state index contributed by atoms with van der Waals surface area (Å²) in [6.45, 7) is 2.92. The van der Waals surface area contributed by atoms with E-state index in [1.165, 1.54) is 0 Å². The SMILES string of the molecule is OCN1CCC(O)(CNc2ccc3c(n2)OCCO3)CC1. The van der Waals surface area contributed by atoms with Crippen LogP contribution in [0, 0.1) is 0 Å². The molecule has 1 aromatic heterocycles. The lowest BCUT2D eigenvalue weighted by molar-refractivity contribution is -0.0305. The molecule has 0 bridgehead atoms. The van der Waals surface area contributed by atoms with E-state index in [-0.39, 0.29) is 6.73 Å². The van der Waals surface area contributed by atoms with Crippen LogP contribution in [0.2, 0.25) is 0 Å². The average Bonchev–Trinajstić information content (AvgIpc) is 2.54. The molecule has 3 N–H and O–H groups in total. The minimum Gasteiger partial charge on any atom is -0.484 e. The number of nitrogens with zero attached hydrogens (tertiary/aromatic N) is 2. The highest BCUT2D eigenvalue weighted by atomic mass is 16.6. The number of hydrogen-bond donors (Lipinski definition) is 3. The van der Waals surface area contributed by atoms with Crippen LogP contribution in [0.15, 0.2) is 12.1 Å². The monoisotopic (exact) mass is 295 g/mol. The molecule has 0 spiro atoms. The van der Waals surface area contributed by atoms with Gasteiger partial charge in [-0.15, -0.1) is 0 Å². The molecule has 0 atom stereocenters. The van der Waals surface area contributed by atoms with Crippen LogP contribution in [0.5, 0.6) is 11.6 Å². The number of pyridine rings is 1. The van der Waals surface area contributed by atoms with Crippen molar-refractivity contribution >= 4 is 5.82 Å². The molecule has 0 aromatic carbocycles. The van der Waals surface area contributed by atoms with E-state index in [1.54, 1.807) is 0 Å². The molecule has 21 heavy (non-hydrogen) atoms. The van der Waals surface area contributed by atoms with Gasteiger partial charge in [-0.1, -0.05) is 0 Å². The van der Waals surface area contributed by atoms with Gasteiger partial charge in [0.05, 0.1) is 12.3 Å². The maximum atomic E-state index is 10.5. The van der Waals surface area contributed by atoms with Crippen LogP contribution in [-0.2, 0) is 0 Å². The molecule has 0 unspecified atom stereocenters. The maximum absolute atomic E-state index is 10.5. The predicted molar refractivity (Wildman–Crippen MR) is 76.6 cm³/mol. The second-order valence-electron chi connectivity index (χ2n) is 5.53. The van der Waals surface area contributed by atoms with Gasteiger partial charge in [0.2, 0.25) is 0 Å². The number of aliphatic hydroxyl groups is 2. The van der Waals surface area contributed by atoms with Gasteiger partial charge in [0.1, 0.15) is 19.0 Å². The van der Waals surface area contributed by atoms with Gasteiger partial charge in [0.15, 0.2) is 5.75 Å². The molecule has 0 aliphatic carbocycles. The van der Waals surface area contributed by atoms with E-state index in [4.69, 9.17) is 14.6 Å². The Balaban J connectivity index is 1.57. The van der Waals surface area contributed by atoms with Crippen LogP contribution in [0.4, 0.5) is 5.82 Å². The molecule has 1 aromatic rings. The van der Waals surface area contributed by atoms with Crippen molar-refractivity contribution in [3.63, 3.8) is 0 Å². The molecule has 7 nitrogen and oxygen atoms in total. The van der Waals surface area contributed by atoms with Crippen LogP contribution in [-0.4, -0.2) is 65.3 Å². The third kappa shape index (κ3) is 3.37. The van der Waals surface area contributed by atoms with Crippen molar-refractivity contribution in [1.82, 2.24) is 9.88 Å². The van der Waals surface area contributed by atoms with Gasteiger partial charge in [0.25, 0.3) is 5.88 Å². The Labute approximate surface area is 123 Å². The van der Waals surface area contributed by atoms with Crippen molar-refractivity contribution in [3.05, 3.63) is 12.1 Å². The molecule has 3 rings (SSSR count). The summed E-state index contributed by atoms with van der Waals surface area (Å²) < 4.78 is 10.9. The molecule has 0 amide bonds. The van der Waals surface area contributed by atoms with Crippen LogP contribution in [0.25, 0.3) is 0 Å². The summed E-state index contributed by atoms with van der Waals surface area (Å²) in [6.07, 6.45) is 1.26. The van der Waals surface area contributed by atoms with E-state index >= 15 is 0 Å². The summed E-state index contributed by atoms with van der Waals surface area (Å²) in [6, 6.07) is 3.64. The molecular formula is C14H21N3O4. The first-order chi connectivity index (χ1) is 10.2. The fourth-order valence-electron chi connectivity index (χ4n) is 2.57. The van der Waals surface area contributed by atoms with Gasteiger partial charge in [-0.05, 0) is 25.0 Å². The lowest BCUT2D eigenvalue weighted by Crippen LogP contribution is -2.48. The number of piperidine rings is 1. The summed E-state index contributed by atoms with van der Waals surface area (Å²) in [5.41, 5.74) is -0.763. The molecule has 7 heteroatoms. The van der Waals surface area contributed by atoms with Crippen molar-refractivity contribution in [2.24, 2.45) is 0 Å². The third-order valence-corrected chi connectivity index (χ3v) is 3.99. The number of nitrogens with one attached hydrogen (secondary N) is 1. The van der Waals surface area contributed by atoms with Gasteiger partial charge in [-0.2, -0.15) is 4.98 Å². The maximum Gasteiger partial charge on any atom is 0.259 e. The molecule has 0 radical (unpaired) electrons. The Kier molecular flexibility index (Phi) is 4.14.